The molecule has 0 radical (unpaired) electrons. The van der Waals surface area contributed by atoms with E-state index in [-0.39, 0.29) is 18.8 Å². The molecule has 0 fully saturated rings. The van der Waals surface area contributed by atoms with Crippen molar-refractivity contribution in [2.75, 3.05) is 6.54 Å². The van der Waals surface area contributed by atoms with Gasteiger partial charge in [0.2, 0.25) is 0 Å². The van der Waals surface area contributed by atoms with Crippen LogP contribution in [0.1, 0.15) is 23.1 Å². The molecule has 39 heavy (non-hydrogen) atoms. The molecular weight excluding hydrogens is 502 g/mol. The minimum Gasteiger partial charge on any atom is -0.488 e. The molecule has 0 aliphatic rings. The van der Waals surface area contributed by atoms with Crippen LogP contribution in [0.2, 0.25) is 0 Å². The van der Waals surface area contributed by atoms with Gasteiger partial charge in [-0.15, -0.1) is 0 Å². The van der Waals surface area contributed by atoms with Crippen molar-refractivity contribution in [1.29, 1.82) is 0 Å². The van der Waals surface area contributed by atoms with Crippen LogP contribution in [-0.2, 0) is 24.5 Å². The maximum absolute atomic E-state index is 14.1. The van der Waals surface area contributed by atoms with Crippen LogP contribution in [0.25, 0.3) is 0 Å². The number of ether oxygens (including phenoxy) is 2. The smallest absolute Gasteiger partial charge is 0.320 e. The molecule has 0 amide bonds. The van der Waals surface area contributed by atoms with Crippen LogP contribution in [0.4, 0.5) is 8.78 Å². The molecule has 1 atom stereocenters. The van der Waals surface area contributed by atoms with Crippen molar-refractivity contribution in [2.45, 2.75) is 32.2 Å². The minimum atomic E-state index is -1.07. The molecule has 0 unspecified atom stereocenters. The number of nitrogens with two attached hydrogens (primary N) is 1. The number of nitrogens with zero attached hydrogens (tertiary/aromatic N) is 1. The fraction of sp³-hybridized carbons (Fsp3) is 0.194. The van der Waals surface area contributed by atoms with Gasteiger partial charge in [-0.25, -0.2) is 8.78 Å². The van der Waals surface area contributed by atoms with E-state index in [9.17, 15) is 18.7 Å². The van der Waals surface area contributed by atoms with Crippen LogP contribution in [0.5, 0.6) is 17.2 Å². The first-order valence-electron chi connectivity index (χ1n) is 12.5. The van der Waals surface area contributed by atoms with Crippen molar-refractivity contribution in [3.05, 3.63) is 125 Å². The van der Waals surface area contributed by atoms with Gasteiger partial charge in [-0.1, -0.05) is 60.7 Å². The van der Waals surface area contributed by atoms with E-state index in [2.05, 4.69) is 0 Å². The lowest BCUT2D eigenvalue weighted by atomic mass is 10.1. The summed E-state index contributed by atoms with van der Waals surface area (Å²) in [5, 5.41) is 9.30. The average Bonchev–Trinajstić information content (AvgIpc) is 2.93. The van der Waals surface area contributed by atoms with Crippen molar-refractivity contribution in [1.82, 2.24) is 4.90 Å². The highest BCUT2D eigenvalue weighted by Crippen LogP contribution is 2.28. The maximum atomic E-state index is 14.1. The number of aliphatic carboxylic acids is 1. The van der Waals surface area contributed by atoms with E-state index in [1.54, 1.807) is 36.4 Å². The molecule has 3 N–H and O–H groups in total. The van der Waals surface area contributed by atoms with Gasteiger partial charge in [0.1, 0.15) is 41.5 Å². The first-order valence-corrected chi connectivity index (χ1v) is 12.5. The van der Waals surface area contributed by atoms with Gasteiger partial charge in [-0.3, -0.25) is 9.69 Å². The molecule has 0 heterocycles. The summed E-state index contributed by atoms with van der Waals surface area (Å²) in [5.74, 6) is -0.292. The molecule has 0 saturated carbocycles. The molecule has 4 aromatic rings. The lowest BCUT2D eigenvalue weighted by Crippen LogP contribution is -2.35. The van der Waals surface area contributed by atoms with Crippen molar-refractivity contribution in [3.63, 3.8) is 0 Å². The third-order valence-corrected chi connectivity index (χ3v) is 6.17. The standard InChI is InChI=1S/C31H30F2N2O4/c32-25-11-7-12-26(18-25)39-30-15-6-3-9-23(30)20-35(17-16-28(34)31(36)37)19-22-8-2-5-14-29(22)38-21-24-10-1-4-13-27(24)33/h1-15,18,28H,16-17,19-21,34H2,(H,36,37)/t28-/m0/s1. The molecule has 6 nitrogen and oxygen atoms in total. The van der Waals surface area contributed by atoms with Gasteiger partial charge in [0.05, 0.1) is 0 Å². The van der Waals surface area contributed by atoms with Gasteiger partial charge < -0.3 is 20.3 Å². The van der Waals surface area contributed by atoms with Gasteiger partial charge in [0.15, 0.2) is 0 Å². The Kier molecular flexibility index (Phi) is 9.61. The molecular formula is C31H30F2N2O4. The number of benzene rings is 4. The fourth-order valence-electron chi connectivity index (χ4n) is 4.08. The predicted octanol–water partition coefficient (Wildman–Crippen LogP) is 6.14. The van der Waals surface area contributed by atoms with E-state index in [0.717, 1.165) is 11.1 Å². The third kappa shape index (κ3) is 8.10. The zero-order valence-electron chi connectivity index (χ0n) is 21.3. The zero-order chi connectivity index (χ0) is 27.6. The number of halogens is 2. The van der Waals surface area contributed by atoms with Crippen LogP contribution in [0.3, 0.4) is 0 Å². The van der Waals surface area contributed by atoms with Gasteiger partial charge in [-0.05, 0) is 36.8 Å². The van der Waals surface area contributed by atoms with Gasteiger partial charge >= 0.3 is 5.97 Å². The molecule has 0 saturated heterocycles. The Morgan fingerprint density at radius 3 is 2.10 bits per heavy atom. The highest BCUT2D eigenvalue weighted by molar-refractivity contribution is 5.73. The van der Waals surface area contributed by atoms with Crippen LogP contribution in [0, 0.1) is 11.6 Å². The number of hydrogen-bond donors (Lipinski definition) is 2. The molecule has 8 heteroatoms. The summed E-state index contributed by atoms with van der Waals surface area (Å²) in [5.41, 5.74) is 7.93. The van der Waals surface area contributed by atoms with Gasteiger partial charge in [-0.2, -0.15) is 0 Å². The minimum absolute atomic E-state index is 0.0673. The first kappa shape index (κ1) is 27.8. The molecule has 0 aromatic heterocycles. The Balaban J connectivity index is 1.55. The number of carboxylic acid groups (broad SMARTS) is 1. The highest BCUT2D eigenvalue weighted by Gasteiger charge is 2.18. The monoisotopic (exact) mass is 532 g/mol. The average molecular weight is 533 g/mol. The zero-order valence-corrected chi connectivity index (χ0v) is 21.3. The molecule has 0 bridgehead atoms. The van der Waals surface area contributed by atoms with E-state index in [1.165, 1.54) is 18.2 Å². The Morgan fingerprint density at radius 1 is 0.821 bits per heavy atom. The summed E-state index contributed by atoms with van der Waals surface area (Å²) >= 11 is 0. The topological polar surface area (TPSA) is 85.0 Å². The van der Waals surface area contributed by atoms with Crippen molar-refractivity contribution >= 4 is 5.97 Å². The van der Waals surface area contributed by atoms with E-state index in [4.69, 9.17) is 15.2 Å². The largest absolute Gasteiger partial charge is 0.488 e. The van der Waals surface area contributed by atoms with Crippen LogP contribution >= 0.6 is 0 Å². The summed E-state index contributed by atoms with van der Waals surface area (Å²) in [6, 6.07) is 26.2. The quantitative estimate of drug-likeness (QED) is 0.215. The summed E-state index contributed by atoms with van der Waals surface area (Å²) < 4.78 is 39.8. The van der Waals surface area contributed by atoms with Crippen LogP contribution in [0.15, 0.2) is 97.1 Å². The summed E-state index contributed by atoms with van der Waals surface area (Å²) in [7, 11) is 0. The van der Waals surface area contributed by atoms with Crippen molar-refractivity contribution in [2.24, 2.45) is 5.73 Å². The van der Waals surface area contributed by atoms with Gasteiger partial charge in [0, 0.05) is 42.4 Å². The molecule has 0 aliphatic carbocycles. The SMILES string of the molecule is N[C@@H](CCN(Cc1ccccc1OCc1ccccc1F)Cc1ccccc1Oc1cccc(F)c1)C(=O)O. The summed E-state index contributed by atoms with van der Waals surface area (Å²) in [6.07, 6.45) is 0.223. The predicted molar refractivity (Wildman–Crippen MR) is 144 cm³/mol. The number of para-hydroxylation sites is 2. The second kappa shape index (κ2) is 13.5. The number of rotatable bonds is 13. The first-order chi connectivity index (χ1) is 18.9. The highest BCUT2D eigenvalue weighted by atomic mass is 19.1. The van der Waals surface area contributed by atoms with Crippen LogP contribution in [-0.4, -0.2) is 28.6 Å². The van der Waals surface area contributed by atoms with E-state index < -0.39 is 17.8 Å². The molecule has 0 spiro atoms. The molecule has 0 aliphatic heterocycles. The third-order valence-electron chi connectivity index (χ3n) is 6.17. The lowest BCUT2D eigenvalue weighted by molar-refractivity contribution is -0.138. The van der Waals surface area contributed by atoms with Crippen LogP contribution < -0.4 is 15.2 Å². The maximum Gasteiger partial charge on any atom is 0.320 e. The molecule has 202 valence electrons. The Morgan fingerprint density at radius 2 is 1.44 bits per heavy atom. The van der Waals surface area contributed by atoms with E-state index in [1.807, 2.05) is 47.4 Å². The Hall–Kier alpha value is -4.27. The van der Waals surface area contributed by atoms with E-state index >= 15 is 0 Å². The summed E-state index contributed by atoms with van der Waals surface area (Å²) in [6.45, 7) is 1.26. The summed E-state index contributed by atoms with van der Waals surface area (Å²) in [4.78, 5) is 13.4. The molecule has 4 aromatic carbocycles. The Bertz CT molecular complexity index is 1400. The Labute approximate surface area is 226 Å². The second-order valence-corrected chi connectivity index (χ2v) is 9.10. The lowest BCUT2D eigenvalue weighted by Gasteiger charge is -2.25. The number of carboxylic acids is 1. The van der Waals surface area contributed by atoms with Crippen molar-refractivity contribution < 1.29 is 28.2 Å². The van der Waals surface area contributed by atoms with E-state index in [0.29, 0.717) is 42.4 Å². The number of hydrogen-bond acceptors (Lipinski definition) is 5. The normalized spacial score (nSPS) is 11.8. The van der Waals surface area contributed by atoms with Gasteiger partial charge in [0.25, 0.3) is 0 Å². The number of carbonyl (C=O) groups is 1. The molecule has 4 rings (SSSR count). The fourth-order valence-corrected chi connectivity index (χ4v) is 4.08. The second-order valence-electron chi connectivity index (χ2n) is 9.10. The van der Waals surface area contributed by atoms with Crippen molar-refractivity contribution in [3.8, 4) is 17.2 Å².